The zero-order valence-electron chi connectivity index (χ0n) is 13.4. The number of benzene rings is 3. The van der Waals surface area contributed by atoms with Gasteiger partial charge in [-0.1, -0.05) is 54.6 Å². The average molecular weight is 357 g/mol. The molecular weight excluding hydrogens is 340 g/mol. The third-order valence-electron chi connectivity index (χ3n) is 3.81. The van der Waals surface area contributed by atoms with E-state index in [0.717, 1.165) is 27.6 Å². The zero-order chi connectivity index (χ0) is 17.8. The number of ether oxygens (including phenoxy) is 2. The normalized spacial score (nSPS) is 12.1. The minimum Gasteiger partial charge on any atom is -0.489 e. The molecule has 0 spiro atoms. The fourth-order valence-corrected chi connectivity index (χ4v) is 2.86. The van der Waals surface area contributed by atoms with Crippen LogP contribution in [0.25, 0.3) is 21.5 Å². The van der Waals surface area contributed by atoms with E-state index in [1.807, 2.05) is 48.5 Å². The molecule has 0 aliphatic heterocycles. The quantitative estimate of drug-likeness (QED) is 0.410. The minimum atomic E-state index is -0.947. The van der Waals surface area contributed by atoms with Crippen LogP contribution in [-0.4, -0.2) is 30.4 Å². The van der Waals surface area contributed by atoms with Crippen LogP contribution in [0.3, 0.4) is 0 Å². The van der Waals surface area contributed by atoms with Crippen LogP contribution in [0.15, 0.2) is 61.2 Å². The standard InChI is InChI=1S/C20H17ClO4/c1-2-19(23)24-11-14(22)12-25-20-15-7-4-3-6-13(15)10-17-16(20)8-5-9-18(17)21/h2-10,14,22H,1,11-12H2. The van der Waals surface area contributed by atoms with Crippen molar-refractivity contribution >= 4 is 39.1 Å². The lowest BCUT2D eigenvalue weighted by Gasteiger charge is -2.16. The Morgan fingerprint density at radius 2 is 1.88 bits per heavy atom. The summed E-state index contributed by atoms with van der Waals surface area (Å²) in [7, 11) is 0. The first-order valence-electron chi connectivity index (χ1n) is 7.80. The van der Waals surface area contributed by atoms with Crippen LogP contribution >= 0.6 is 11.6 Å². The van der Waals surface area contributed by atoms with Crippen molar-refractivity contribution in [3.63, 3.8) is 0 Å². The maximum Gasteiger partial charge on any atom is 0.330 e. The van der Waals surface area contributed by atoms with E-state index in [1.165, 1.54) is 0 Å². The van der Waals surface area contributed by atoms with E-state index in [4.69, 9.17) is 21.1 Å². The van der Waals surface area contributed by atoms with Crippen molar-refractivity contribution in [2.45, 2.75) is 6.10 Å². The zero-order valence-corrected chi connectivity index (χ0v) is 14.2. The summed E-state index contributed by atoms with van der Waals surface area (Å²) in [6.45, 7) is 3.14. The van der Waals surface area contributed by atoms with Gasteiger partial charge in [0.05, 0.1) is 0 Å². The van der Waals surface area contributed by atoms with E-state index in [-0.39, 0.29) is 13.2 Å². The highest BCUT2D eigenvalue weighted by Gasteiger charge is 2.13. The molecule has 0 saturated heterocycles. The van der Waals surface area contributed by atoms with Gasteiger partial charge >= 0.3 is 5.97 Å². The van der Waals surface area contributed by atoms with E-state index in [1.54, 1.807) is 0 Å². The second kappa shape index (κ2) is 7.55. The summed E-state index contributed by atoms with van der Waals surface area (Å²) in [6, 6.07) is 15.4. The van der Waals surface area contributed by atoms with E-state index >= 15 is 0 Å². The Balaban J connectivity index is 1.92. The predicted molar refractivity (Wildman–Crippen MR) is 99.1 cm³/mol. The van der Waals surface area contributed by atoms with Crippen LogP contribution in [0.2, 0.25) is 5.02 Å². The highest BCUT2D eigenvalue weighted by Crippen LogP contribution is 2.37. The smallest absolute Gasteiger partial charge is 0.330 e. The van der Waals surface area contributed by atoms with E-state index in [9.17, 15) is 9.90 Å². The maximum atomic E-state index is 11.1. The van der Waals surface area contributed by atoms with Gasteiger partial charge in [-0.05, 0) is 17.5 Å². The summed E-state index contributed by atoms with van der Waals surface area (Å²) in [4.78, 5) is 11.1. The van der Waals surface area contributed by atoms with Crippen LogP contribution in [-0.2, 0) is 9.53 Å². The maximum absolute atomic E-state index is 11.1. The number of esters is 1. The van der Waals surface area contributed by atoms with Gasteiger partial charge in [-0.3, -0.25) is 0 Å². The third-order valence-corrected chi connectivity index (χ3v) is 4.14. The number of hydrogen-bond donors (Lipinski definition) is 1. The van der Waals surface area contributed by atoms with Crippen LogP contribution in [0.4, 0.5) is 0 Å². The Kier molecular flexibility index (Phi) is 5.22. The minimum absolute atomic E-state index is 0.0138. The summed E-state index contributed by atoms with van der Waals surface area (Å²) in [5.74, 6) is 0.0612. The van der Waals surface area contributed by atoms with Crippen LogP contribution < -0.4 is 4.74 Å². The number of carbonyl (C=O) groups excluding carboxylic acids is 1. The van der Waals surface area contributed by atoms with Crippen LogP contribution in [0.1, 0.15) is 0 Å². The number of halogens is 1. The number of carbonyl (C=O) groups is 1. The largest absolute Gasteiger partial charge is 0.489 e. The van der Waals surface area contributed by atoms with Gasteiger partial charge in [0.2, 0.25) is 0 Å². The molecule has 0 aliphatic rings. The number of rotatable bonds is 6. The van der Waals surface area contributed by atoms with E-state index < -0.39 is 12.1 Å². The highest BCUT2D eigenvalue weighted by atomic mass is 35.5. The highest BCUT2D eigenvalue weighted by molar-refractivity contribution is 6.36. The average Bonchev–Trinajstić information content (AvgIpc) is 2.63. The molecule has 3 aromatic rings. The van der Waals surface area contributed by atoms with Gasteiger partial charge in [0.15, 0.2) is 0 Å². The molecule has 0 saturated carbocycles. The Morgan fingerprint density at radius 3 is 2.68 bits per heavy atom. The molecule has 1 unspecified atom stereocenters. The number of aliphatic hydroxyl groups is 1. The molecule has 3 aromatic carbocycles. The van der Waals surface area contributed by atoms with E-state index in [0.29, 0.717) is 10.8 Å². The van der Waals surface area contributed by atoms with Crippen LogP contribution in [0, 0.1) is 0 Å². The van der Waals surface area contributed by atoms with E-state index in [2.05, 4.69) is 6.58 Å². The summed E-state index contributed by atoms with van der Waals surface area (Å²) >= 11 is 6.32. The topological polar surface area (TPSA) is 55.8 Å². The van der Waals surface area contributed by atoms with Crippen molar-refractivity contribution in [2.24, 2.45) is 0 Å². The fraction of sp³-hybridized carbons (Fsp3) is 0.150. The molecule has 25 heavy (non-hydrogen) atoms. The second-order valence-electron chi connectivity index (χ2n) is 5.56. The molecule has 3 rings (SSSR count). The number of aliphatic hydroxyl groups excluding tert-OH is 1. The molecule has 4 nitrogen and oxygen atoms in total. The Labute approximate surface area is 150 Å². The predicted octanol–water partition coefficient (Wildman–Crippen LogP) is 4.12. The van der Waals surface area contributed by atoms with Gasteiger partial charge in [-0.15, -0.1) is 0 Å². The van der Waals surface area contributed by atoms with Gasteiger partial charge in [0.25, 0.3) is 0 Å². The van der Waals surface area contributed by atoms with Crippen molar-refractivity contribution in [3.05, 3.63) is 66.2 Å². The Morgan fingerprint density at radius 1 is 1.12 bits per heavy atom. The fourth-order valence-electron chi connectivity index (χ4n) is 2.63. The monoisotopic (exact) mass is 356 g/mol. The molecule has 128 valence electrons. The molecule has 0 aromatic heterocycles. The molecule has 0 aliphatic carbocycles. The third kappa shape index (κ3) is 3.76. The lowest BCUT2D eigenvalue weighted by Crippen LogP contribution is -2.24. The molecule has 0 radical (unpaired) electrons. The van der Waals surface area contributed by atoms with Crippen molar-refractivity contribution in [1.29, 1.82) is 0 Å². The summed E-state index contributed by atoms with van der Waals surface area (Å²) < 4.78 is 10.7. The number of hydrogen-bond acceptors (Lipinski definition) is 4. The lowest BCUT2D eigenvalue weighted by molar-refractivity contribution is -0.141. The molecule has 0 heterocycles. The molecule has 5 heteroatoms. The molecule has 0 fully saturated rings. The van der Waals surface area contributed by atoms with Crippen molar-refractivity contribution in [2.75, 3.05) is 13.2 Å². The Bertz CT molecular complexity index is 936. The SMILES string of the molecule is C=CC(=O)OCC(O)COc1c2ccccc2cc2c(Cl)cccc12. The molecule has 0 bridgehead atoms. The van der Waals surface area contributed by atoms with Crippen molar-refractivity contribution < 1.29 is 19.4 Å². The molecule has 0 amide bonds. The number of fused-ring (bicyclic) bond motifs is 2. The summed E-state index contributed by atoms with van der Waals surface area (Å²) in [5.41, 5.74) is 0. The van der Waals surface area contributed by atoms with Gasteiger partial charge < -0.3 is 14.6 Å². The lowest BCUT2D eigenvalue weighted by atomic mass is 10.0. The first-order valence-corrected chi connectivity index (χ1v) is 8.18. The molecule has 1 N–H and O–H groups in total. The van der Waals surface area contributed by atoms with Gasteiger partial charge in [-0.25, -0.2) is 4.79 Å². The van der Waals surface area contributed by atoms with Crippen LogP contribution in [0.5, 0.6) is 5.75 Å². The first kappa shape index (κ1) is 17.3. The second-order valence-corrected chi connectivity index (χ2v) is 5.97. The molecular formula is C20H17ClO4. The van der Waals surface area contributed by atoms with Crippen molar-refractivity contribution in [1.82, 2.24) is 0 Å². The molecule has 1 atom stereocenters. The summed E-state index contributed by atoms with van der Waals surface area (Å²) in [6.07, 6.45) is 0.102. The van der Waals surface area contributed by atoms with Gasteiger partial charge in [0, 0.05) is 27.3 Å². The van der Waals surface area contributed by atoms with Gasteiger partial charge in [0.1, 0.15) is 25.1 Å². The first-order chi connectivity index (χ1) is 12.1. The van der Waals surface area contributed by atoms with Gasteiger partial charge in [-0.2, -0.15) is 0 Å². The summed E-state index contributed by atoms with van der Waals surface area (Å²) in [5, 5.41) is 14.3. The van der Waals surface area contributed by atoms with Crippen molar-refractivity contribution in [3.8, 4) is 5.75 Å². The Hall–Kier alpha value is -2.56.